The number of anilines is 1. The van der Waals surface area contributed by atoms with Crippen molar-refractivity contribution in [1.29, 1.82) is 0 Å². The largest absolute Gasteiger partial charge is 0.504 e. The number of H-pyrrole nitrogens is 1. The summed E-state index contributed by atoms with van der Waals surface area (Å²) < 4.78 is 5.04. The Labute approximate surface area is 143 Å². The lowest BCUT2D eigenvalue weighted by Gasteiger charge is -2.05. The van der Waals surface area contributed by atoms with Crippen molar-refractivity contribution in [2.24, 2.45) is 5.10 Å². The number of phenolic OH excluding ortho intramolecular Hbond substituents is 1. The van der Waals surface area contributed by atoms with Crippen LogP contribution in [0.2, 0.25) is 0 Å². The zero-order valence-corrected chi connectivity index (χ0v) is 13.4. The Balaban J connectivity index is 1.82. The summed E-state index contributed by atoms with van der Waals surface area (Å²) in [5, 5.41) is 14.0. The van der Waals surface area contributed by atoms with Gasteiger partial charge >= 0.3 is 0 Å². The standard InChI is InChI=1S/C18H16N4O3/c1-25-15-9-5-8-13(17(15)24)11-19-22-18-20-14(10-16(23)21-18)12-6-3-2-4-7-12/h2-11,24H,1H3,(H2,20,21,22,23)/b19-11+. The lowest BCUT2D eigenvalue weighted by molar-refractivity contribution is 0.373. The topological polar surface area (TPSA) is 99.6 Å². The van der Waals surface area contributed by atoms with E-state index in [0.717, 1.165) is 5.56 Å². The molecule has 3 rings (SSSR count). The first-order valence-electron chi connectivity index (χ1n) is 7.49. The zero-order valence-electron chi connectivity index (χ0n) is 13.4. The van der Waals surface area contributed by atoms with Gasteiger partial charge in [0.05, 0.1) is 19.0 Å². The molecule has 25 heavy (non-hydrogen) atoms. The molecule has 3 aromatic rings. The molecule has 126 valence electrons. The van der Waals surface area contributed by atoms with Crippen LogP contribution >= 0.6 is 0 Å². The highest BCUT2D eigenvalue weighted by Gasteiger charge is 2.05. The van der Waals surface area contributed by atoms with Crippen LogP contribution in [0.5, 0.6) is 11.5 Å². The Kier molecular flexibility index (Phi) is 4.75. The van der Waals surface area contributed by atoms with Crippen LogP contribution in [0.1, 0.15) is 5.56 Å². The quantitative estimate of drug-likeness (QED) is 0.491. The smallest absolute Gasteiger partial charge is 0.252 e. The van der Waals surface area contributed by atoms with Crippen molar-refractivity contribution in [1.82, 2.24) is 9.97 Å². The maximum Gasteiger partial charge on any atom is 0.252 e. The predicted octanol–water partition coefficient (Wildman–Crippen LogP) is 2.60. The molecule has 0 aliphatic rings. The van der Waals surface area contributed by atoms with Gasteiger partial charge in [0.1, 0.15) is 0 Å². The Morgan fingerprint density at radius 2 is 2.00 bits per heavy atom. The summed E-state index contributed by atoms with van der Waals surface area (Å²) >= 11 is 0. The molecule has 0 bridgehead atoms. The molecule has 0 atom stereocenters. The first-order chi connectivity index (χ1) is 12.2. The second-order valence-corrected chi connectivity index (χ2v) is 5.11. The number of hydrogen-bond acceptors (Lipinski definition) is 6. The number of rotatable bonds is 5. The van der Waals surface area contributed by atoms with Crippen LogP contribution < -0.4 is 15.7 Å². The fourth-order valence-corrected chi connectivity index (χ4v) is 2.24. The van der Waals surface area contributed by atoms with E-state index in [4.69, 9.17) is 4.74 Å². The number of nitrogens with zero attached hydrogens (tertiary/aromatic N) is 2. The number of aromatic nitrogens is 2. The number of hydrogen-bond donors (Lipinski definition) is 3. The second-order valence-electron chi connectivity index (χ2n) is 5.11. The van der Waals surface area contributed by atoms with Gasteiger partial charge in [0.2, 0.25) is 5.95 Å². The van der Waals surface area contributed by atoms with Crippen LogP contribution in [0.25, 0.3) is 11.3 Å². The summed E-state index contributed by atoms with van der Waals surface area (Å²) in [7, 11) is 1.47. The Bertz CT molecular complexity index is 952. The van der Waals surface area contributed by atoms with Crippen LogP contribution in [-0.4, -0.2) is 28.4 Å². The lowest BCUT2D eigenvalue weighted by Crippen LogP contribution is -2.10. The maximum atomic E-state index is 11.8. The van der Waals surface area contributed by atoms with Gasteiger partial charge < -0.3 is 9.84 Å². The van der Waals surface area contributed by atoms with Crippen LogP contribution in [-0.2, 0) is 0 Å². The number of nitrogens with one attached hydrogen (secondary N) is 2. The number of aromatic amines is 1. The molecule has 0 radical (unpaired) electrons. The van der Waals surface area contributed by atoms with E-state index in [9.17, 15) is 9.90 Å². The predicted molar refractivity (Wildman–Crippen MR) is 96.2 cm³/mol. The van der Waals surface area contributed by atoms with Crippen molar-refractivity contribution >= 4 is 12.2 Å². The first-order valence-corrected chi connectivity index (χ1v) is 7.49. The van der Waals surface area contributed by atoms with E-state index >= 15 is 0 Å². The first kappa shape index (κ1) is 16.3. The number of phenols is 1. The van der Waals surface area contributed by atoms with Crippen LogP contribution in [0, 0.1) is 0 Å². The van der Waals surface area contributed by atoms with Gasteiger partial charge in [-0.1, -0.05) is 36.4 Å². The number of para-hydroxylation sites is 1. The van der Waals surface area contributed by atoms with Crippen molar-refractivity contribution in [3.05, 3.63) is 70.5 Å². The van der Waals surface area contributed by atoms with Gasteiger partial charge in [-0.05, 0) is 12.1 Å². The highest BCUT2D eigenvalue weighted by Crippen LogP contribution is 2.28. The lowest BCUT2D eigenvalue weighted by atomic mass is 10.1. The van der Waals surface area contributed by atoms with E-state index in [0.29, 0.717) is 17.0 Å². The molecule has 0 amide bonds. The summed E-state index contributed by atoms with van der Waals surface area (Å²) in [4.78, 5) is 18.7. The number of methoxy groups -OCH3 is 1. The molecule has 0 unspecified atom stereocenters. The van der Waals surface area contributed by atoms with Gasteiger partial charge in [-0.25, -0.2) is 10.4 Å². The normalized spacial score (nSPS) is 10.8. The van der Waals surface area contributed by atoms with E-state index in [-0.39, 0.29) is 17.3 Å². The molecule has 7 heteroatoms. The van der Waals surface area contributed by atoms with Crippen LogP contribution in [0.4, 0.5) is 5.95 Å². The summed E-state index contributed by atoms with van der Waals surface area (Å²) in [5.41, 5.74) is 4.19. The van der Waals surface area contributed by atoms with Crippen molar-refractivity contribution in [2.45, 2.75) is 0 Å². The minimum absolute atomic E-state index is 0.0185. The molecule has 3 N–H and O–H groups in total. The highest BCUT2D eigenvalue weighted by molar-refractivity contribution is 5.85. The SMILES string of the molecule is COc1cccc(/C=N/Nc2nc(-c3ccccc3)cc(=O)[nH]2)c1O. The maximum absolute atomic E-state index is 11.8. The minimum atomic E-state index is -0.296. The number of hydrazone groups is 1. The molecule has 0 fully saturated rings. The van der Waals surface area contributed by atoms with Crippen molar-refractivity contribution in [3.8, 4) is 22.8 Å². The Hall–Kier alpha value is -3.61. The number of ether oxygens (including phenoxy) is 1. The average Bonchev–Trinajstić information content (AvgIpc) is 2.63. The Morgan fingerprint density at radius 1 is 1.20 bits per heavy atom. The van der Waals surface area contributed by atoms with E-state index in [2.05, 4.69) is 20.5 Å². The molecule has 0 aliphatic heterocycles. The molecular formula is C18H16N4O3. The van der Waals surface area contributed by atoms with E-state index in [1.807, 2.05) is 30.3 Å². The number of aromatic hydroxyl groups is 1. The number of benzene rings is 2. The molecule has 2 aromatic carbocycles. The molecule has 0 spiro atoms. The van der Waals surface area contributed by atoms with Gasteiger partial charge in [0.15, 0.2) is 11.5 Å². The fourth-order valence-electron chi connectivity index (χ4n) is 2.24. The van der Waals surface area contributed by atoms with Crippen molar-refractivity contribution in [3.63, 3.8) is 0 Å². The third-order valence-electron chi connectivity index (χ3n) is 3.44. The molecule has 0 saturated heterocycles. The van der Waals surface area contributed by atoms with Gasteiger partial charge in [0.25, 0.3) is 5.56 Å². The minimum Gasteiger partial charge on any atom is -0.504 e. The molecular weight excluding hydrogens is 320 g/mol. The molecule has 7 nitrogen and oxygen atoms in total. The monoisotopic (exact) mass is 336 g/mol. The van der Waals surface area contributed by atoms with E-state index in [1.165, 1.54) is 19.4 Å². The zero-order chi connectivity index (χ0) is 17.6. The molecule has 0 saturated carbocycles. The van der Waals surface area contributed by atoms with Crippen molar-refractivity contribution < 1.29 is 9.84 Å². The van der Waals surface area contributed by atoms with Crippen molar-refractivity contribution in [2.75, 3.05) is 12.5 Å². The summed E-state index contributed by atoms with van der Waals surface area (Å²) in [5.74, 6) is 0.529. The van der Waals surface area contributed by atoms with Gasteiger partial charge in [0, 0.05) is 17.2 Å². The van der Waals surface area contributed by atoms with E-state index in [1.54, 1.807) is 18.2 Å². The van der Waals surface area contributed by atoms with E-state index < -0.39 is 0 Å². The van der Waals surface area contributed by atoms with Crippen LogP contribution in [0.3, 0.4) is 0 Å². The van der Waals surface area contributed by atoms with Gasteiger partial charge in [-0.15, -0.1) is 0 Å². The van der Waals surface area contributed by atoms with Gasteiger partial charge in [-0.3, -0.25) is 9.78 Å². The second kappa shape index (κ2) is 7.31. The molecule has 1 aromatic heterocycles. The summed E-state index contributed by atoms with van der Waals surface area (Å²) in [6.45, 7) is 0. The summed E-state index contributed by atoms with van der Waals surface area (Å²) in [6, 6.07) is 15.8. The van der Waals surface area contributed by atoms with Crippen LogP contribution in [0.15, 0.2) is 64.5 Å². The third-order valence-corrected chi connectivity index (χ3v) is 3.44. The highest BCUT2D eigenvalue weighted by atomic mass is 16.5. The Morgan fingerprint density at radius 3 is 2.76 bits per heavy atom. The summed E-state index contributed by atoms with van der Waals surface area (Å²) in [6.07, 6.45) is 1.41. The molecule has 1 heterocycles. The van der Waals surface area contributed by atoms with Gasteiger partial charge in [-0.2, -0.15) is 5.10 Å². The molecule has 0 aliphatic carbocycles. The average molecular weight is 336 g/mol. The third kappa shape index (κ3) is 3.84. The fraction of sp³-hybridized carbons (Fsp3) is 0.0556.